The number of hydrogen-bond donors (Lipinski definition) is 1. The van der Waals surface area contributed by atoms with Crippen molar-refractivity contribution in [2.24, 2.45) is 0 Å². The van der Waals surface area contributed by atoms with Gasteiger partial charge >= 0.3 is 0 Å². The first kappa shape index (κ1) is 18.9. The van der Waals surface area contributed by atoms with Gasteiger partial charge in [-0.25, -0.2) is 4.39 Å². The Morgan fingerprint density at radius 2 is 1.72 bits per heavy atom. The number of carbonyl (C=O) groups excluding carboxylic acids is 1. The van der Waals surface area contributed by atoms with Crippen LogP contribution in [0.1, 0.15) is 27.0 Å². The molecule has 1 unspecified atom stereocenters. The van der Waals surface area contributed by atoms with Gasteiger partial charge in [0.05, 0.1) is 12.6 Å². The van der Waals surface area contributed by atoms with Gasteiger partial charge in [-0.1, -0.05) is 60.3 Å². The molecule has 1 aliphatic heterocycles. The molecule has 1 atom stereocenters. The van der Waals surface area contributed by atoms with Crippen LogP contribution in [0.2, 0.25) is 0 Å². The van der Waals surface area contributed by atoms with E-state index in [4.69, 9.17) is 4.74 Å². The van der Waals surface area contributed by atoms with Crippen molar-refractivity contribution in [3.05, 3.63) is 101 Å². The van der Waals surface area contributed by atoms with Gasteiger partial charge in [0.15, 0.2) is 5.76 Å². The van der Waals surface area contributed by atoms with Crippen molar-refractivity contribution < 1.29 is 23.9 Å². The molecule has 5 heteroatoms. The molecule has 0 bridgehead atoms. The number of Topliss-reactive ketones (excluding diaryl/α,β-unsaturated/α-hetero) is 1. The summed E-state index contributed by atoms with van der Waals surface area (Å²) in [5.41, 5.74) is 2.22. The highest BCUT2D eigenvalue weighted by Gasteiger charge is 2.31. The maximum absolute atomic E-state index is 14.0. The number of carbonyl (C=O) groups is 1. The molecule has 0 fully saturated rings. The smallest absolute Gasteiger partial charge is 0.231 e. The number of quaternary nitrogens is 1. The van der Waals surface area contributed by atoms with Gasteiger partial charge in [-0.3, -0.25) is 4.79 Å². The van der Waals surface area contributed by atoms with Crippen molar-refractivity contribution in [2.75, 3.05) is 7.05 Å². The van der Waals surface area contributed by atoms with Gasteiger partial charge in [-0.2, -0.15) is 0 Å². The van der Waals surface area contributed by atoms with E-state index in [2.05, 4.69) is 0 Å². The van der Waals surface area contributed by atoms with Crippen LogP contribution in [-0.2, 0) is 13.1 Å². The van der Waals surface area contributed by atoms with E-state index in [0.29, 0.717) is 17.7 Å². The Labute approximate surface area is 168 Å². The van der Waals surface area contributed by atoms with Crippen LogP contribution in [0.15, 0.2) is 72.5 Å². The van der Waals surface area contributed by atoms with Crippen LogP contribution < -0.4 is 14.7 Å². The van der Waals surface area contributed by atoms with Crippen molar-refractivity contribution in [3.8, 4) is 11.5 Å². The van der Waals surface area contributed by atoms with Crippen LogP contribution in [0.3, 0.4) is 0 Å². The molecule has 0 saturated heterocycles. The number of benzene rings is 3. The number of rotatable bonds is 5. The number of allylic oxidation sites excluding steroid dienone is 1. The molecule has 4 rings (SSSR count). The zero-order valence-corrected chi connectivity index (χ0v) is 15.9. The van der Waals surface area contributed by atoms with Crippen LogP contribution >= 0.6 is 0 Å². The van der Waals surface area contributed by atoms with Crippen LogP contribution in [0, 0.1) is 5.82 Å². The van der Waals surface area contributed by atoms with Gasteiger partial charge in [0.25, 0.3) is 0 Å². The maximum atomic E-state index is 14.0. The Bertz CT molecular complexity index is 1090. The molecule has 29 heavy (non-hydrogen) atoms. The molecule has 0 spiro atoms. The van der Waals surface area contributed by atoms with Gasteiger partial charge in [-0.05, 0) is 18.2 Å². The van der Waals surface area contributed by atoms with Gasteiger partial charge in [0, 0.05) is 16.7 Å². The minimum atomic E-state index is -0.441. The molecular weight excluding hydrogens is 369 g/mol. The standard InChI is InChI=1S/C24H20FNO3/c1-26(14-16-7-3-2-4-8-16)15-19-21(27)12-11-18-23(28)22(29-24(18)19)13-17-9-5-6-10-20(17)25/h2-13,27H,14-15H2,1H3. The van der Waals surface area contributed by atoms with Crippen LogP contribution in [0.5, 0.6) is 11.5 Å². The molecule has 3 aromatic rings. The monoisotopic (exact) mass is 389 g/mol. The zero-order chi connectivity index (χ0) is 20.4. The second kappa shape index (κ2) is 7.89. The second-order valence-electron chi connectivity index (χ2n) is 7.18. The fourth-order valence-corrected chi connectivity index (χ4v) is 3.50. The summed E-state index contributed by atoms with van der Waals surface area (Å²) < 4.78 is 19.7. The summed E-state index contributed by atoms with van der Waals surface area (Å²) in [7, 11) is 1.98. The fraction of sp³-hybridized carbons (Fsp3) is 0.125. The second-order valence-corrected chi connectivity index (χ2v) is 7.18. The van der Waals surface area contributed by atoms with E-state index in [1.807, 2.05) is 37.4 Å². The van der Waals surface area contributed by atoms with E-state index >= 15 is 0 Å². The Hall–Kier alpha value is -3.44. The van der Waals surface area contributed by atoms with Crippen LogP contribution in [-0.4, -0.2) is 12.8 Å². The molecule has 1 heterocycles. The lowest BCUT2D eigenvalue weighted by Gasteiger charge is -2.20. The molecule has 0 amide bonds. The van der Waals surface area contributed by atoms with E-state index in [0.717, 1.165) is 17.0 Å². The summed E-state index contributed by atoms with van der Waals surface area (Å²) >= 11 is 0. The SMILES string of the molecule is C[NH+](Cc1ccccc1)Cc1c([O-])ccc2c1OC(=Cc1ccccc1F)C2=O. The average molecular weight is 389 g/mol. The Balaban J connectivity index is 1.62. The molecule has 3 aromatic carbocycles. The van der Waals surface area contributed by atoms with Crippen molar-refractivity contribution in [3.63, 3.8) is 0 Å². The van der Waals surface area contributed by atoms with Crippen LogP contribution in [0.25, 0.3) is 6.08 Å². The van der Waals surface area contributed by atoms with E-state index in [1.165, 1.54) is 24.3 Å². The lowest BCUT2D eigenvalue weighted by molar-refractivity contribution is -0.907. The summed E-state index contributed by atoms with van der Waals surface area (Å²) in [6.07, 6.45) is 1.38. The summed E-state index contributed by atoms with van der Waals surface area (Å²) in [5, 5.41) is 12.5. The van der Waals surface area contributed by atoms with Gasteiger partial charge in [0.1, 0.15) is 24.7 Å². The molecule has 0 aromatic heterocycles. The molecule has 1 aliphatic rings. The molecule has 0 radical (unpaired) electrons. The highest BCUT2D eigenvalue weighted by atomic mass is 19.1. The number of nitrogens with one attached hydrogen (secondary N) is 1. The van der Waals surface area contributed by atoms with Gasteiger partial charge in [0.2, 0.25) is 5.78 Å². The Kier molecular flexibility index (Phi) is 5.14. The number of ketones is 1. The molecular formula is C24H20FNO3. The van der Waals surface area contributed by atoms with Gasteiger partial charge < -0.3 is 14.7 Å². The molecule has 4 nitrogen and oxygen atoms in total. The third-order valence-electron chi connectivity index (χ3n) is 4.92. The number of ether oxygens (including phenoxy) is 1. The lowest BCUT2D eigenvalue weighted by atomic mass is 10.0. The summed E-state index contributed by atoms with van der Waals surface area (Å²) in [4.78, 5) is 13.8. The predicted molar refractivity (Wildman–Crippen MR) is 106 cm³/mol. The minimum absolute atomic E-state index is 0.0256. The number of halogens is 1. The zero-order valence-electron chi connectivity index (χ0n) is 15.9. The van der Waals surface area contributed by atoms with Gasteiger partial charge in [-0.15, -0.1) is 0 Å². The first-order chi connectivity index (χ1) is 14.0. The van der Waals surface area contributed by atoms with Crippen molar-refractivity contribution in [2.45, 2.75) is 13.1 Å². The normalized spacial score (nSPS) is 15.2. The Morgan fingerprint density at radius 1 is 1.00 bits per heavy atom. The number of fused-ring (bicyclic) bond motifs is 1. The van der Waals surface area contributed by atoms with E-state index in [-0.39, 0.29) is 28.6 Å². The summed E-state index contributed by atoms with van der Waals surface area (Å²) in [5.74, 6) is -0.638. The maximum Gasteiger partial charge on any atom is 0.231 e. The van der Waals surface area contributed by atoms with Crippen molar-refractivity contribution >= 4 is 11.9 Å². The fourth-order valence-electron chi connectivity index (χ4n) is 3.50. The summed E-state index contributed by atoms with van der Waals surface area (Å²) in [6.45, 7) is 1.15. The Morgan fingerprint density at radius 3 is 2.48 bits per heavy atom. The first-order valence-corrected chi connectivity index (χ1v) is 9.40. The van der Waals surface area contributed by atoms with E-state index < -0.39 is 5.82 Å². The highest BCUT2D eigenvalue weighted by Crippen LogP contribution is 2.38. The molecule has 146 valence electrons. The molecule has 0 aliphatic carbocycles. The lowest BCUT2D eigenvalue weighted by Crippen LogP contribution is -3.06. The van der Waals surface area contributed by atoms with E-state index in [1.54, 1.807) is 18.2 Å². The third-order valence-corrected chi connectivity index (χ3v) is 4.92. The third kappa shape index (κ3) is 3.91. The minimum Gasteiger partial charge on any atom is -0.872 e. The van der Waals surface area contributed by atoms with Crippen molar-refractivity contribution in [1.29, 1.82) is 0 Å². The average Bonchev–Trinajstić information content (AvgIpc) is 3.02. The molecule has 0 saturated carbocycles. The van der Waals surface area contributed by atoms with Crippen LogP contribution in [0.4, 0.5) is 4.39 Å². The van der Waals surface area contributed by atoms with Crippen molar-refractivity contribution in [1.82, 2.24) is 0 Å². The number of hydrogen-bond acceptors (Lipinski definition) is 3. The van der Waals surface area contributed by atoms with E-state index in [9.17, 15) is 14.3 Å². The summed E-state index contributed by atoms with van der Waals surface area (Å²) in [6, 6.07) is 19.0. The predicted octanol–water partition coefficient (Wildman–Crippen LogP) is 2.73. The molecule has 1 N–H and O–H groups in total. The highest BCUT2D eigenvalue weighted by molar-refractivity contribution is 6.14. The first-order valence-electron chi connectivity index (χ1n) is 9.40. The largest absolute Gasteiger partial charge is 0.872 e. The topological polar surface area (TPSA) is 53.8 Å². The quantitative estimate of drug-likeness (QED) is 0.683.